The van der Waals surface area contributed by atoms with Gasteiger partial charge in [-0.25, -0.2) is 0 Å². The van der Waals surface area contributed by atoms with Gasteiger partial charge in [0.2, 0.25) is 0 Å². The van der Waals surface area contributed by atoms with Crippen LogP contribution in [-0.2, 0) is 6.18 Å². The van der Waals surface area contributed by atoms with Crippen LogP contribution in [0, 0.1) is 0 Å². The molecule has 0 radical (unpaired) electrons. The summed E-state index contributed by atoms with van der Waals surface area (Å²) in [5, 5.41) is 8.74. The van der Waals surface area contributed by atoms with Gasteiger partial charge in [-0.2, -0.15) is 26.3 Å². The number of nitrogen functional groups attached to an aromatic ring is 1. The molecule has 0 aliphatic carbocycles. The smallest absolute Gasteiger partial charge is 0.397 e. The molecule has 1 aromatic carbocycles. The van der Waals surface area contributed by atoms with Crippen molar-refractivity contribution in [2.24, 2.45) is 0 Å². The second-order valence-corrected chi connectivity index (χ2v) is 4.03. The summed E-state index contributed by atoms with van der Waals surface area (Å²) in [5.41, 5.74) is 3.69. The number of nitrogens with two attached hydrogens (primary N) is 1. The van der Waals surface area contributed by atoms with Gasteiger partial charge in [-0.15, -0.1) is 0 Å². The Morgan fingerprint density at radius 3 is 2.10 bits per heavy atom. The lowest BCUT2D eigenvalue weighted by molar-refractivity contribution is -0.137. The van der Waals surface area contributed by atoms with E-state index in [-0.39, 0.29) is 5.69 Å². The second kappa shape index (κ2) is 5.78. The number of anilines is 2. The maximum Gasteiger partial charge on any atom is 0.416 e. The van der Waals surface area contributed by atoms with Crippen LogP contribution in [0.3, 0.4) is 0 Å². The lowest BCUT2D eigenvalue weighted by atomic mass is 10.1. The van der Waals surface area contributed by atoms with Crippen molar-refractivity contribution in [3.8, 4) is 0 Å². The fourth-order valence-electron chi connectivity index (χ4n) is 1.64. The number of hydrogen-bond acceptors (Lipinski definition) is 3. The van der Waals surface area contributed by atoms with Gasteiger partial charge in [-0.3, -0.25) is 0 Å². The number of benzene rings is 1. The van der Waals surface area contributed by atoms with Crippen molar-refractivity contribution in [3.63, 3.8) is 0 Å². The molecule has 0 amide bonds. The van der Waals surface area contributed by atoms with Crippen molar-refractivity contribution >= 4 is 11.4 Å². The maximum atomic E-state index is 12.4. The Balaban J connectivity index is 3.09. The third-order valence-corrected chi connectivity index (χ3v) is 2.44. The van der Waals surface area contributed by atoms with Crippen LogP contribution in [0.5, 0.6) is 0 Å². The van der Waals surface area contributed by atoms with Crippen molar-refractivity contribution < 1.29 is 31.4 Å². The number of aliphatic hydroxyl groups excluding tert-OH is 1. The van der Waals surface area contributed by atoms with Gasteiger partial charge in [-0.1, -0.05) is 0 Å². The van der Waals surface area contributed by atoms with Gasteiger partial charge in [0.15, 0.2) is 0 Å². The van der Waals surface area contributed by atoms with Crippen molar-refractivity contribution in [1.82, 2.24) is 0 Å². The molecule has 20 heavy (non-hydrogen) atoms. The molecule has 0 bridgehead atoms. The number of nitrogens with zero attached hydrogens (tertiary/aromatic N) is 1. The first-order valence-electron chi connectivity index (χ1n) is 5.44. The van der Waals surface area contributed by atoms with Gasteiger partial charge < -0.3 is 15.7 Å². The molecule has 1 aromatic rings. The van der Waals surface area contributed by atoms with Gasteiger partial charge in [0.1, 0.15) is 6.54 Å². The molecule has 0 aliphatic rings. The van der Waals surface area contributed by atoms with E-state index in [2.05, 4.69) is 0 Å². The highest BCUT2D eigenvalue weighted by Gasteiger charge is 2.33. The SMILES string of the molecule is Nc1cc(C(F)(F)F)ccc1N(CCO)CC(F)(F)F. The molecule has 114 valence electrons. The van der Waals surface area contributed by atoms with Crippen LogP contribution in [0.25, 0.3) is 0 Å². The van der Waals surface area contributed by atoms with Gasteiger partial charge in [0.25, 0.3) is 0 Å². The predicted molar refractivity (Wildman–Crippen MR) is 61.2 cm³/mol. The van der Waals surface area contributed by atoms with E-state index in [1.165, 1.54) is 0 Å². The van der Waals surface area contributed by atoms with E-state index >= 15 is 0 Å². The number of aliphatic hydroxyl groups is 1. The summed E-state index contributed by atoms with van der Waals surface area (Å²) in [6.07, 6.45) is -9.19. The lowest BCUT2D eigenvalue weighted by Gasteiger charge is -2.26. The van der Waals surface area contributed by atoms with Gasteiger partial charge in [-0.05, 0) is 18.2 Å². The first-order chi connectivity index (χ1) is 9.04. The monoisotopic (exact) mass is 302 g/mol. The molecule has 0 spiro atoms. The first kappa shape index (κ1) is 16.4. The average Bonchev–Trinajstić information content (AvgIpc) is 2.25. The molecule has 0 fully saturated rings. The van der Waals surface area contributed by atoms with Crippen molar-refractivity contribution in [3.05, 3.63) is 23.8 Å². The third kappa shape index (κ3) is 4.48. The van der Waals surface area contributed by atoms with Crippen LogP contribution < -0.4 is 10.6 Å². The lowest BCUT2D eigenvalue weighted by Crippen LogP contribution is -2.36. The van der Waals surface area contributed by atoms with Crippen LogP contribution in [0.4, 0.5) is 37.7 Å². The quantitative estimate of drug-likeness (QED) is 0.664. The van der Waals surface area contributed by atoms with Crippen molar-refractivity contribution in [1.29, 1.82) is 0 Å². The first-order valence-corrected chi connectivity index (χ1v) is 5.44. The Morgan fingerprint density at radius 2 is 1.70 bits per heavy atom. The standard InChI is InChI=1S/C11H12F6N2O/c12-10(13,14)6-19(3-4-20)9-2-1-7(5-8(9)18)11(15,16)17/h1-2,5,20H,3-4,6,18H2. The number of rotatable bonds is 4. The van der Waals surface area contributed by atoms with E-state index in [1.807, 2.05) is 0 Å². The number of halogens is 6. The van der Waals surface area contributed by atoms with E-state index in [1.54, 1.807) is 0 Å². The van der Waals surface area contributed by atoms with E-state index < -0.39 is 43.3 Å². The molecule has 0 atom stereocenters. The molecular weight excluding hydrogens is 290 g/mol. The Morgan fingerprint density at radius 1 is 1.10 bits per heavy atom. The molecule has 0 unspecified atom stereocenters. The van der Waals surface area contributed by atoms with E-state index in [9.17, 15) is 26.3 Å². The van der Waals surface area contributed by atoms with Crippen LogP contribution >= 0.6 is 0 Å². The fourth-order valence-corrected chi connectivity index (χ4v) is 1.64. The molecule has 0 aliphatic heterocycles. The van der Waals surface area contributed by atoms with Crippen LogP contribution in [0.15, 0.2) is 18.2 Å². The summed E-state index contributed by atoms with van der Waals surface area (Å²) in [6.45, 7) is -2.39. The summed E-state index contributed by atoms with van der Waals surface area (Å²) in [4.78, 5) is 0.676. The molecule has 0 heterocycles. The zero-order valence-corrected chi connectivity index (χ0v) is 10.1. The Hall–Kier alpha value is -1.64. The summed E-state index contributed by atoms with van der Waals surface area (Å²) < 4.78 is 74.4. The largest absolute Gasteiger partial charge is 0.416 e. The minimum atomic E-state index is -4.63. The topological polar surface area (TPSA) is 49.5 Å². The van der Waals surface area contributed by atoms with Crippen molar-refractivity contribution in [2.45, 2.75) is 12.4 Å². The van der Waals surface area contributed by atoms with Gasteiger partial charge >= 0.3 is 12.4 Å². The number of hydrogen-bond donors (Lipinski definition) is 2. The summed E-state index contributed by atoms with van der Waals surface area (Å²) >= 11 is 0. The van der Waals surface area contributed by atoms with Crippen molar-refractivity contribution in [2.75, 3.05) is 30.3 Å². The molecule has 9 heteroatoms. The molecule has 0 saturated carbocycles. The summed E-state index contributed by atoms with van der Waals surface area (Å²) in [7, 11) is 0. The van der Waals surface area contributed by atoms with E-state index in [0.717, 1.165) is 6.07 Å². The molecule has 0 saturated heterocycles. The molecular formula is C11H12F6N2O. The molecule has 3 nitrogen and oxygen atoms in total. The highest BCUT2D eigenvalue weighted by Crippen LogP contribution is 2.34. The minimum absolute atomic E-state index is 0.204. The third-order valence-electron chi connectivity index (χ3n) is 2.44. The Kier molecular flexibility index (Phi) is 4.74. The molecule has 1 rings (SSSR count). The highest BCUT2D eigenvalue weighted by atomic mass is 19.4. The van der Waals surface area contributed by atoms with Crippen LogP contribution in [0.1, 0.15) is 5.56 Å². The van der Waals surface area contributed by atoms with Crippen LogP contribution in [-0.4, -0.2) is 31.0 Å². The van der Waals surface area contributed by atoms with Crippen LogP contribution in [0.2, 0.25) is 0 Å². The Bertz CT molecular complexity index is 457. The number of alkyl halides is 6. The van der Waals surface area contributed by atoms with Gasteiger partial charge in [0, 0.05) is 6.54 Å². The summed E-state index contributed by atoms with van der Waals surface area (Å²) in [5.74, 6) is 0. The fraction of sp³-hybridized carbons (Fsp3) is 0.455. The molecule has 3 N–H and O–H groups in total. The zero-order valence-electron chi connectivity index (χ0n) is 10.1. The Labute approximate surface area is 110 Å². The maximum absolute atomic E-state index is 12.4. The minimum Gasteiger partial charge on any atom is -0.397 e. The molecule has 0 aromatic heterocycles. The van der Waals surface area contributed by atoms with E-state index in [4.69, 9.17) is 10.8 Å². The van der Waals surface area contributed by atoms with Gasteiger partial charge in [0.05, 0.1) is 23.5 Å². The normalized spacial score (nSPS) is 12.6. The average molecular weight is 302 g/mol. The zero-order chi connectivity index (χ0) is 15.6. The van der Waals surface area contributed by atoms with E-state index in [0.29, 0.717) is 17.0 Å². The summed E-state index contributed by atoms with van der Waals surface area (Å²) in [6, 6.07) is 2.07. The predicted octanol–water partition coefficient (Wildman–Crippen LogP) is 2.65. The highest BCUT2D eigenvalue weighted by molar-refractivity contribution is 5.68. The second-order valence-electron chi connectivity index (χ2n) is 4.03.